The molecule has 1 aromatic heterocycles. The Bertz CT molecular complexity index is 331. The van der Waals surface area contributed by atoms with Crippen LogP contribution in [0, 0.1) is 11.8 Å². The molecule has 0 atom stereocenters. The van der Waals surface area contributed by atoms with Gasteiger partial charge in [-0.15, -0.1) is 0 Å². The van der Waals surface area contributed by atoms with Crippen molar-refractivity contribution in [3.05, 3.63) is 17.5 Å². The van der Waals surface area contributed by atoms with Crippen LogP contribution in [0.25, 0.3) is 0 Å². The molecule has 0 unspecified atom stereocenters. The predicted octanol–water partition coefficient (Wildman–Crippen LogP) is 2.73. The molecule has 2 fully saturated rings. The first-order valence-electron chi connectivity index (χ1n) is 5.57. The van der Waals surface area contributed by atoms with Crippen molar-refractivity contribution in [2.24, 2.45) is 11.8 Å². The van der Waals surface area contributed by atoms with Gasteiger partial charge in [-0.25, -0.2) is 9.97 Å². The highest BCUT2D eigenvalue weighted by Gasteiger charge is 2.41. The molecule has 2 aliphatic rings. The van der Waals surface area contributed by atoms with Crippen molar-refractivity contribution < 1.29 is 0 Å². The maximum atomic E-state index is 5.70. The molecule has 0 radical (unpaired) electrons. The molecule has 0 spiro atoms. The lowest BCUT2D eigenvalue weighted by atomic mass is 10.1. The maximum absolute atomic E-state index is 5.70. The summed E-state index contributed by atoms with van der Waals surface area (Å²) < 4.78 is 0. The first-order chi connectivity index (χ1) is 7.33. The summed E-state index contributed by atoms with van der Waals surface area (Å²) in [6.45, 7) is 0. The Balaban J connectivity index is 1.69. The second-order valence-electron chi connectivity index (χ2n) is 4.57. The second kappa shape index (κ2) is 3.63. The molecule has 1 heterocycles. The summed E-state index contributed by atoms with van der Waals surface area (Å²) in [5.41, 5.74) is 0. The third kappa shape index (κ3) is 2.23. The number of nitrogens with zero attached hydrogens (tertiary/aromatic N) is 2. The van der Waals surface area contributed by atoms with Gasteiger partial charge in [-0.1, -0.05) is 11.6 Å². The zero-order chi connectivity index (χ0) is 10.3. The summed E-state index contributed by atoms with van der Waals surface area (Å²) in [4.78, 5) is 8.26. The Kier molecular flexibility index (Phi) is 2.28. The van der Waals surface area contributed by atoms with Crippen molar-refractivity contribution >= 4 is 17.4 Å². The zero-order valence-corrected chi connectivity index (χ0v) is 9.24. The minimum Gasteiger partial charge on any atom is -0.366 e. The maximum Gasteiger partial charge on any atom is 0.147 e. The van der Waals surface area contributed by atoms with Crippen LogP contribution >= 0.6 is 11.6 Å². The molecule has 1 aromatic rings. The van der Waals surface area contributed by atoms with Crippen LogP contribution in [0.3, 0.4) is 0 Å². The van der Waals surface area contributed by atoms with Gasteiger partial charge in [-0.05, 0) is 37.5 Å². The quantitative estimate of drug-likeness (QED) is 0.853. The van der Waals surface area contributed by atoms with Crippen LogP contribution in [0.1, 0.15) is 25.7 Å². The topological polar surface area (TPSA) is 37.8 Å². The Morgan fingerprint density at radius 2 is 1.80 bits per heavy atom. The fourth-order valence-corrected chi connectivity index (χ4v) is 2.19. The van der Waals surface area contributed by atoms with E-state index in [4.69, 9.17) is 11.6 Å². The first kappa shape index (κ1) is 9.40. The molecule has 2 saturated carbocycles. The predicted molar refractivity (Wildman–Crippen MR) is 59.9 cm³/mol. The highest BCUT2D eigenvalue weighted by Crippen LogP contribution is 2.45. The van der Waals surface area contributed by atoms with Gasteiger partial charge >= 0.3 is 0 Å². The van der Waals surface area contributed by atoms with Gasteiger partial charge < -0.3 is 5.32 Å². The summed E-state index contributed by atoms with van der Waals surface area (Å²) in [5.74, 6) is 2.60. The Morgan fingerprint density at radius 3 is 2.27 bits per heavy atom. The van der Waals surface area contributed by atoms with Gasteiger partial charge in [0, 0.05) is 6.04 Å². The van der Waals surface area contributed by atoms with Gasteiger partial charge in [-0.3, -0.25) is 0 Å². The lowest BCUT2D eigenvalue weighted by Crippen LogP contribution is -2.24. The molecule has 15 heavy (non-hydrogen) atoms. The van der Waals surface area contributed by atoms with E-state index in [-0.39, 0.29) is 0 Å². The van der Waals surface area contributed by atoms with E-state index in [1.54, 1.807) is 12.4 Å². The molecule has 4 heteroatoms. The Morgan fingerprint density at radius 1 is 1.13 bits per heavy atom. The van der Waals surface area contributed by atoms with Crippen LogP contribution in [-0.2, 0) is 0 Å². The van der Waals surface area contributed by atoms with Crippen molar-refractivity contribution in [2.45, 2.75) is 31.7 Å². The van der Waals surface area contributed by atoms with Crippen molar-refractivity contribution in [1.82, 2.24) is 9.97 Å². The van der Waals surface area contributed by atoms with E-state index in [2.05, 4.69) is 15.3 Å². The van der Waals surface area contributed by atoms with Crippen LogP contribution in [-0.4, -0.2) is 16.0 Å². The number of anilines is 1. The minimum atomic E-state index is 0.454. The van der Waals surface area contributed by atoms with Crippen LogP contribution in [0.4, 0.5) is 5.82 Å². The SMILES string of the molecule is Clc1cnc(NC(C2CC2)C2CC2)cn1. The molecular formula is C11H14ClN3. The van der Waals surface area contributed by atoms with E-state index in [9.17, 15) is 0 Å². The third-order valence-corrected chi connectivity index (χ3v) is 3.39. The lowest BCUT2D eigenvalue weighted by Gasteiger charge is -2.17. The highest BCUT2D eigenvalue weighted by atomic mass is 35.5. The van der Waals surface area contributed by atoms with Crippen LogP contribution in [0.5, 0.6) is 0 Å². The standard InChI is InChI=1S/C11H14ClN3/c12-9-5-14-10(6-13-9)15-11(7-1-2-7)8-3-4-8/h5-8,11H,1-4H2,(H,14,15). The monoisotopic (exact) mass is 223 g/mol. The van der Waals surface area contributed by atoms with E-state index in [0.29, 0.717) is 11.2 Å². The van der Waals surface area contributed by atoms with Crippen LogP contribution in [0.2, 0.25) is 5.15 Å². The summed E-state index contributed by atoms with van der Waals surface area (Å²) in [7, 11) is 0. The van der Waals surface area contributed by atoms with Gasteiger partial charge in [0.1, 0.15) is 11.0 Å². The first-order valence-corrected chi connectivity index (χ1v) is 5.95. The smallest absolute Gasteiger partial charge is 0.147 e. The van der Waals surface area contributed by atoms with Gasteiger partial charge in [0.15, 0.2) is 0 Å². The molecule has 0 saturated heterocycles. The molecule has 0 bridgehead atoms. The number of rotatable bonds is 4. The van der Waals surface area contributed by atoms with Gasteiger partial charge in [0.05, 0.1) is 12.4 Å². The van der Waals surface area contributed by atoms with E-state index < -0.39 is 0 Å². The van der Waals surface area contributed by atoms with Crippen LogP contribution < -0.4 is 5.32 Å². The summed E-state index contributed by atoms with van der Waals surface area (Å²) in [6.07, 6.45) is 8.80. The normalized spacial score (nSPS) is 20.7. The van der Waals surface area contributed by atoms with E-state index in [0.717, 1.165) is 17.7 Å². The zero-order valence-electron chi connectivity index (χ0n) is 8.49. The van der Waals surface area contributed by atoms with Crippen molar-refractivity contribution in [1.29, 1.82) is 0 Å². The number of hydrogen-bond donors (Lipinski definition) is 1. The largest absolute Gasteiger partial charge is 0.366 e. The van der Waals surface area contributed by atoms with Crippen molar-refractivity contribution in [2.75, 3.05) is 5.32 Å². The molecule has 80 valence electrons. The van der Waals surface area contributed by atoms with Gasteiger partial charge in [-0.2, -0.15) is 0 Å². The number of halogens is 1. The molecule has 3 nitrogen and oxygen atoms in total. The van der Waals surface area contributed by atoms with Gasteiger partial charge in [0.2, 0.25) is 0 Å². The number of aromatic nitrogens is 2. The Hall–Kier alpha value is -0.830. The lowest BCUT2D eigenvalue weighted by molar-refractivity contribution is 0.565. The number of nitrogens with one attached hydrogen (secondary N) is 1. The van der Waals surface area contributed by atoms with Crippen molar-refractivity contribution in [3.63, 3.8) is 0 Å². The van der Waals surface area contributed by atoms with E-state index in [1.807, 2.05) is 0 Å². The second-order valence-corrected chi connectivity index (χ2v) is 4.96. The fourth-order valence-electron chi connectivity index (χ4n) is 2.09. The van der Waals surface area contributed by atoms with E-state index >= 15 is 0 Å². The highest BCUT2D eigenvalue weighted by molar-refractivity contribution is 6.29. The molecule has 1 N–H and O–H groups in total. The minimum absolute atomic E-state index is 0.454. The van der Waals surface area contributed by atoms with Crippen molar-refractivity contribution in [3.8, 4) is 0 Å². The third-order valence-electron chi connectivity index (χ3n) is 3.19. The summed E-state index contributed by atoms with van der Waals surface area (Å²) in [5, 5.41) is 3.95. The fraction of sp³-hybridized carbons (Fsp3) is 0.636. The molecule has 0 aliphatic heterocycles. The molecule has 0 aromatic carbocycles. The summed E-state index contributed by atoms with van der Waals surface area (Å²) in [6, 6.07) is 0.625. The van der Waals surface area contributed by atoms with Gasteiger partial charge in [0.25, 0.3) is 0 Å². The molecular weight excluding hydrogens is 210 g/mol. The average Bonchev–Trinajstić information content (AvgIpc) is 3.11. The number of hydrogen-bond acceptors (Lipinski definition) is 3. The Labute approximate surface area is 94.3 Å². The molecule has 0 amide bonds. The molecule has 3 rings (SSSR count). The average molecular weight is 224 g/mol. The van der Waals surface area contributed by atoms with Crippen LogP contribution in [0.15, 0.2) is 12.4 Å². The molecule has 2 aliphatic carbocycles. The van der Waals surface area contributed by atoms with E-state index in [1.165, 1.54) is 25.7 Å². The summed E-state index contributed by atoms with van der Waals surface area (Å²) >= 11 is 5.70.